The second kappa shape index (κ2) is 18.6. The van der Waals surface area contributed by atoms with Gasteiger partial charge in [-0.05, 0) is 0 Å². The van der Waals surface area contributed by atoms with Gasteiger partial charge in [-0.1, -0.05) is 0 Å². The van der Waals surface area contributed by atoms with Crippen molar-refractivity contribution in [2.45, 2.75) is 27.7 Å². The summed E-state index contributed by atoms with van der Waals surface area (Å²) in [6.07, 6.45) is 0. The molecule has 49 heavy (non-hydrogen) atoms. The Hall–Kier alpha value is -4.10. The molecule has 4 heterocycles. The van der Waals surface area contributed by atoms with Crippen molar-refractivity contribution in [1.29, 1.82) is 0 Å². The first-order valence-electron chi connectivity index (χ1n) is 15.6. The van der Waals surface area contributed by atoms with E-state index in [0.29, 0.717) is 45.8 Å². The molecule has 2 aliphatic heterocycles. The summed E-state index contributed by atoms with van der Waals surface area (Å²) in [6, 6.07) is 11.4. The first-order valence-corrected chi connectivity index (χ1v) is 19.1. The minimum absolute atomic E-state index is 0.162. The van der Waals surface area contributed by atoms with E-state index in [9.17, 15) is 14.7 Å². The zero-order valence-corrected chi connectivity index (χ0v) is 31.3. The van der Waals surface area contributed by atoms with Gasteiger partial charge in [0.15, 0.2) is 0 Å². The summed E-state index contributed by atoms with van der Waals surface area (Å²) < 4.78 is 18.1. The number of anilines is 1. The van der Waals surface area contributed by atoms with Crippen molar-refractivity contribution in [1.82, 2.24) is 15.3 Å². The number of carboxylic acid groups (broad SMARTS) is 1. The van der Waals surface area contributed by atoms with Gasteiger partial charge in [-0.2, -0.15) is 0 Å². The Bertz CT molecular complexity index is 1840. The summed E-state index contributed by atoms with van der Waals surface area (Å²) in [5, 5.41) is 12.3. The molecule has 2 fully saturated rings. The molecule has 0 bridgehead atoms. The summed E-state index contributed by atoms with van der Waals surface area (Å²) in [7, 11) is 0. The van der Waals surface area contributed by atoms with E-state index in [4.69, 9.17) is 27.4 Å². The Morgan fingerprint density at radius 2 is 1.43 bits per heavy atom. The molecule has 0 amide bonds. The molecule has 2 aromatic heterocycles. The van der Waals surface area contributed by atoms with Gasteiger partial charge in [-0.15, -0.1) is 0 Å². The Balaban J connectivity index is 0.000000190. The van der Waals surface area contributed by atoms with Gasteiger partial charge in [0.1, 0.15) is 0 Å². The van der Waals surface area contributed by atoms with E-state index in [-0.39, 0.29) is 35.0 Å². The number of nitrogens with one attached hydrogen (secondary N) is 1. The number of aromatic carboxylic acids is 1. The summed E-state index contributed by atoms with van der Waals surface area (Å²) in [5.41, 5.74) is 6.10. The van der Waals surface area contributed by atoms with Gasteiger partial charge in [0.05, 0.1) is 13.2 Å². The fourth-order valence-electron chi connectivity index (χ4n) is 4.82. The van der Waals surface area contributed by atoms with Crippen LogP contribution in [0.25, 0.3) is 30.0 Å². The maximum atomic E-state index is 11.8. The van der Waals surface area contributed by atoms with Gasteiger partial charge in [-0.3, -0.25) is 0 Å². The number of hydrogen-bond donors (Lipinski definition) is 2. The van der Waals surface area contributed by atoms with Crippen LogP contribution in [0.2, 0.25) is 0 Å². The maximum absolute atomic E-state index is 11.8. The predicted molar refractivity (Wildman–Crippen MR) is 190 cm³/mol. The molecule has 2 saturated heterocycles. The Kier molecular flexibility index (Phi) is 14.3. The normalized spacial score (nSPS) is 13.9. The van der Waals surface area contributed by atoms with Gasteiger partial charge in [-0.25, -0.2) is 0 Å². The molecule has 0 spiro atoms. The second-order valence-corrected chi connectivity index (χ2v) is 15.0. The van der Waals surface area contributed by atoms with Gasteiger partial charge in [0.2, 0.25) is 0 Å². The molecule has 2 aliphatic rings. The van der Waals surface area contributed by atoms with Crippen molar-refractivity contribution < 1.29 is 28.9 Å². The molecule has 2 aromatic carbocycles. The standard InChI is InChI=1S/C16H15N3O3Se.C15H14N2O2Se.C4H9NO/c1-10-14(16(20)21)23-15(18-10)11-3-4-13(12(9-11)17-2)19-5-7-22-8-6-19;1-5-19-15(18)13-10(3)17-14(20-13)11-7-6-9(2)12(8-11)16-4;1-3-6-4-2-5-1/h3-4,9H,5-8H2,1H3,(H,20,21);6-8H,5H2,1-3H3;5H,1-4H2. The number of carbonyl (C=O) groups excluding carboxylic acids is 1. The number of morpholine rings is 2. The molecule has 256 valence electrons. The van der Waals surface area contributed by atoms with Gasteiger partial charge < -0.3 is 10.1 Å². The number of rotatable bonds is 6. The molecular weight excluding hydrogens is 758 g/mol. The molecule has 6 rings (SSSR count). The topological polar surface area (TPSA) is 132 Å². The predicted octanol–water partition coefficient (Wildman–Crippen LogP) is 4.96. The molecule has 0 aliphatic carbocycles. The number of hydrogen-bond acceptors (Lipinski definition) is 9. The Morgan fingerprint density at radius 3 is 1.94 bits per heavy atom. The number of benzene rings is 2. The number of ether oxygens (including phenoxy) is 3. The Morgan fingerprint density at radius 1 is 0.878 bits per heavy atom. The van der Waals surface area contributed by atoms with Crippen LogP contribution in [-0.2, 0) is 14.2 Å². The summed E-state index contributed by atoms with van der Waals surface area (Å²) in [5.74, 6) is -1.18. The summed E-state index contributed by atoms with van der Waals surface area (Å²) in [4.78, 5) is 41.2. The fourth-order valence-corrected chi connectivity index (χ4v) is 8.72. The van der Waals surface area contributed by atoms with Crippen molar-refractivity contribution in [3.05, 3.63) is 85.1 Å². The summed E-state index contributed by atoms with van der Waals surface area (Å²) in [6.45, 7) is 28.9. The fraction of sp³-hybridized carbons (Fsp3) is 0.371. The zero-order valence-electron chi connectivity index (χ0n) is 27.9. The molecule has 4 aromatic rings. The van der Waals surface area contributed by atoms with E-state index in [2.05, 4.69) is 29.9 Å². The van der Waals surface area contributed by atoms with Gasteiger partial charge in [0, 0.05) is 13.1 Å². The third-order valence-corrected chi connectivity index (χ3v) is 12.4. The quantitative estimate of drug-likeness (QED) is 0.157. The van der Waals surface area contributed by atoms with Crippen LogP contribution >= 0.6 is 0 Å². The van der Waals surface area contributed by atoms with Crippen LogP contribution in [0.3, 0.4) is 0 Å². The monoisotopic (exact) mass is 798 g/mol. The molecule has 14 heteroatoms. The van der Waals surface area contributed by atoms with E-state index in [1.807, 2.05) is 50.2 Å². The molecule has 2 N–H and O–H groups in total. The molecular formula is C35H38N6O6Se2. The number of carboxylic acids is 1. The van der Waals surface area contributed by atoms with E-state index >= 15 is 0 Å². The van der Waals surface area contributed by atoms with Crippen molar-refractivity contribution in [3.63, 3.8) is 0 Å². The molecule has 0 atom stereocenters. The number of carbonyl (C=O) groups is 2. The van der Waals surface area contributed by atoms with Crippen molar-refractivity contribution in [3.8, 4) is 20.3 Å². The van der Waals surface area contributed by atoms with Crippen LogP contribution in [0.4, 0.5) is 17.1 Å². The van der Waals surface area contributed by atoms with E-state index in [0.717, 1.165) is 76.6 Å². The molecule has 0 radical (unpaired) electrons. The van der Waals surface area contributed by atoms with Gasteiger partial charge in [0.25, 0.3) is 0 Å². The van der Waals surface area contributed by atoms with Crippen LogP contribution in [0.15, 0.2) is 36.4 Å². The summed E-state index contributed by atoms with van der Waals surface area (Å²) >= 11 is -0.486. The number of aryl methyl sites for hydroxylation is 3. The average Bonchev–Trinajstić information content (AvgIpc) is 3.72. The molecule has 0 unspecified atom stereocenters. The zero-order chi connectivity index (χ0) is 35.3. The van der Waals surface area contributed by atoms with E-state index < -0.39 is 5.97 Å². The SMILES string of the molecule is C1COCCN1.[C-]#[N+]c1cc(-c2nc(C)c(C(=O)O)[se]2)ccc1N1CCOCC1.[C-]#[N+]c1cc(-c2nc(C)c(C(=O)OCC)[se]2)ccc1C. The van der Waals surface area contributed by atoms with Gasteiger partial charge >= 0.3 is 263 Å². The van der Waals surface area contributed by atoms with Crippen LogP contribution in [-0.4, -0.2) is 115 Å². The second-order valence-electron chi connectivity index (χ2n) is 10.8. The molecule has 0 saturated carbocycles. The number of esters is 1. The van der Waals surface area contributed by atoms with E-state index in [1.54, 1.807) is 13.8 Å². The first-order chi connectivity index (χ1) is 23.7. The van der Waals surface area contributed by atoms with Crippen LogP contribution in [0.1, 0.15) is 42.3 Å². The van der Waals surface area contributed by atoms with E-state index in [1.165, 1.54) is 0 Å². The minimum atomic E-state index is -0.906. The van der Waals surface area contributed by atoms with Crippen molar-refractivity contribution >= 4 is 58.0 Å². The molecule has 12 nitrogen and oxygen atoms in total. The number of aromatic nitrogens is 2. The third kappa shape index (κ3) is 10.2. The van der Waals surface area contributed by atoms with Crippen molar-refractivity contribution in [2.24, 2.45) is 0 Å². The van der Waals surface area contributed by atoms with Crippen LogP contribution in [0, 0.1) is 33.9 Å². The van der Waals surface area contributed by atoms with Crippen LogP contribution in [0.5, 0.6) is 0 Å². The number of nitrogens with zero attached hydrogens (tertiary/aromatic N) is 5. The van der Waals surface area contributed by atoms with Crippen LogP contribution < -0.4 is 10.2 Å². The van der Waals surface area contributed by atoms with Crippen molar-refractivity contribution in [2.75, 3.05) is 64.1 Å². The third-order valence-electron chi connectivity index (χ3n) is 7.37. The average molecular weight is 797 g/mol. The Labute approximate surface area is 298 Å². The first kappa shape index (κ1) is 37.7.